The molecule has 0 aliphatic heterocycles. The number of aryl methyl sites for hydroxylation is 1. The lowest BCUT2D eigenvalue weighted by molar-refractivity contribution is 0.122. The molecule has 0 bridgehead atoms. The highest BCUT2D eigenvalue weighted by Crippen LogP contribution is 2.08. The average Bonchev–Trinajstić information content (AvgIpc) is 2.84. The lowest BCUT2D eigenvalue weighted by Crippen LogP contribution is -2.06. The molecule has 2 aromatic heterocycles. The fourth-order valence-electron chi connectivity index (χ4n) is 1.45. The number of alkyl halides is 2. The molecule has 0 amide bonds. The van der Waals surface area contributed by atoms with Gasteiger partial charge in [0.25, 0.3) is 6.43 Å². The van der Waals surface area contributed by atoms with Crippen LogP contribution in [-0.2, 0) is 20.1 Å². The van der Waals surface area contributed by atoms with Crippen LogP contribution in [0.1, 0.15) is 5.69 Å². The van der Waals surface area contributed by atoms with Gasteiger partial charge < -0.3 is 5.32 Å². The fourth-order valence-corrected chi connectivity index (χ4v) is 1.45. The zero-order chi connectivity index (χ0) is 12.3. The highest BCUT2D eigenvalue weighted by Gasteiger charge is 2.05. The van der Waals surface area contributed by atoms with Gasteiger partial charge in [-0.2, -0.15) is 10.2 Å². The Bertz CT molecular complexity index is 477. The molecule has 0 fully saturated rings. The summed E-state index contributed by atoms with van der Waals surface area (Å²) in [6.07, 6.45) is 2.52. The van der Waals surface area contributed by atoms with Crippen molar-refractivity contribution in [3.8, 4) is 0 Å². The van der Waals surface area contributed by atoms with Gasteiger partial charge in [0, 0.05) is 19.4 Å². The van der Waals surface area contributed by atoms with Crippen LogP contribution in [0, 0.1) is 0 Å². The van der Waals surface area contributed by atoms with E-state index in [0.717, 1.165) is 5.69 Å². The Hall–Kier alpha value is -1.92. The van der Waals surface area contributed by atoms with Crippen LogP contribution in [0.15, 0.2) is 24.7 Å². The predicted molar refractivity (Wildman–Crippen MR) is 58.8 cm³/mol. The standard InChI is InChI=1S/C10H13F2N5/c1-16-3-2-8(15-16)4-13-9-5-14-17(6-9)7-10(11)12/h2-3,5-6,10,13H,4,7H2,1H3. The van der Waals surface area contributed by atoms with Crippen molar-refractivity contribution in [2.75, 3.05) is 5.32 Å². The van der Waals surface area contributed by atoms with Gasteiger partial charge in [0.05, 0.1) is 24.1 Å². The van der Waals surface area contributed by atoms with Gasteiger partial charge in [-0.15, -0.1) is 0 Å². The van der Waals surface area contributed by atoms with Gasteiger partial charge in [0.2, 0.25) is 0 Å². The Kier molecular flexibility index (Phi) is 3.36. The Morgan fingerprint density at radius 1 is 1.47 bits per heavy atom. The number of anilines is 1. The highest BCUT2D eigenvalue weighted by molar-refractivity contribution is 5.38. The summed E-state index contributed by atoms with van der Waals surface area (Å²) in [4.78, 5) is 0. The molecule has 2 heterocycles. The number of nitrogens with zero attached hydrogens (tertiary/aromatic N) is 4. The van der Waals surface area contributed by atoms with Crippen molar-refractivity contribution < 1.29 is 8.78 Å². The van der Waals surface area contributed by atoms with Gasteiger partial charge in [0.1, 0.15) is 6.54 Å². The second-order valence-corrected chi connectivity index (χ2v) is 3.68. The summed E-state index contributed by atoms with van der Waals surface area (Å²) >= 11 is 0. The molecule has 92 valence electrons. The normalized spacial score (nSPS) is 11.1. The minimum Gasteiger partial charge on any atom is -0.377 e. The topological polar surface area (TPSA) is 47.7 Å². The first-order valence-electron chi connectivity index (χ1n) is 5.16. The zero-order valence-electron chi connectivity index (χ0n) is 9.35. The Morgan fingerprint density at radius 2 is 2.29 bits per heavy atom. The average molecular weight is 241 g/mol. The summed E-state index contributed by atoms with van der Waals surface area (Å²) in [7, 11) is 1.84. The molecule has 0 aromatic carbocycles. The van der Waals surface area contributed by atoms with Crippen molar-refractivity contribution in [2.45, 2.75) is 19.5 Å². The molecule has 0 aliphatic carbocycles. The van der Waals surface area contributed by atoms with Gasteiger partial charge in [-0.25, -0.2) is 8.78 Å². The minimum absolute atomic E-state index is 0.384. The second kappa shape index (κ2) is 4.94. The molecule has 2 aromatic rings. The summed E-state index contributed by atoms with van der Waals surface area (Å²) < 4.78 is 27.1. The summed E-state index contributed by atoms with van der Waals surface area (Å²) in [6, 6.07) is 1.89. The third kappa shape index (κ3) is 3.27. The molecule has 0 atom stereocenters. The predicted octanol–water partition coefficient (Wildman–Crippen LogP) is 1.49. The van der Waals surface area contributed by atoms with Crippen molar-refractivity contribution in [3.63, 3.8) is 0 Å². The van der Waals surface area contributed by atoms with Gasteiger partial charge in [-0.05, 0) is 6.07 Å². The smallest absolute Gasteiger partial charge is 0.257 e. The first-order chi connectivity index (χ1) is 8.13. The van der Waals surface area contributed by atoms with Crippen molar-refractivity contribution >= 4 is 5.69 Å². The van der Waals surface area contributed by atoms with Crippen molar-refractivity contribution in [2.24, 2.45) is 7.05 Å². The van der Waals surface area contributed by atoms with E-state index in [2.05, 4.69) is 15.5 Å². The maximum atomic E-state index is 12.1. The lowest BCUT2D eigenvalue weighted by atomic mass is 10.4. The van der Waals surface area contributed by atoms with Gasteiger partial charge in [-0.1, -0.05) is 0 Å². The summed E-state index contributed by atoms with van der Waals surface area (Å²) in [6.45, 7) is 0.159. The molecule has 0 radical (unpaired) electrons. The monoisotopic (exact) mass is 241 g/mol. The third-order valence-electron chi connectivity index (χ3n) is 2.20. The Labute approximate surface area is 97.0 Å². The molecular formula is C10H13F2N5. The summed E-state index contributed by atoms with van der Waals surface area (Å²) in [5.74, 6) is 0. The summed E-state index contributed by atoms with van der Waals surface area (Å²) in [5.41, 5.74) is 1.59. The van der Waals surface area contributed by atoms with E-state index in [1.807, 2.05) is 19.3 Å². The van der Waals surface area contributed by atoms with Gasteiger partial charge in [-0.3, -0.25) is 9.36 Å². The zero-order valence-corrected chi connectivity index (χ0v) is 9.35. The minimum atomic E-state index is -2.39. The largest absolute Gasteiger partial charge is 0.377 e. The van der Waals surface area contributed by atoms with Crippen LogP contribution in [0.25, 0.3) is 0 Å². The molecule has 1 N–H and O–H groups in total. The fraction of sp³-hybridized carbons (Fsp3) is 0.400. The highest BCUT2D eigenvalue weighted by atomic mass is 19.3. The third-order valence-corrected chi connectivity index (χ3v) is 2.20. The van der Waals surface area contributed by atoms with Crippen LogP contribution in [-0.4, -0.2) is 26.0 Å². The first kappa shape index (κ1) is 11.6. The molecule has 0 unspecified atom stereocenters. The number of nitrogens with one attached hydrogen (secondary N) is 1. The van der Waals surface area contributed by atoms with E-state index in [4.69, 9.17) is 0 Å². The van der Waals surface area contributed by atoms with Crippen molar-refractivity contribution in [1.82, 2.24) is 19.6 Å². The molecule has 0 saturated heterocycles. The van der Waals surface area contributed by atoms with Crippen LogP contribution in [0.2, 0.25) is 0 Å². The molecular weight excluding hydrogens is 228 g/mol. The summed E-state index contributed by atoms with van der Waals surface area (Å²) in [5, 5.41) is 11.1. The van der Waals surface area contributed by atoms with E-state index in [1.165, 1.54) is 10.9 Å². The van der Waals surface area contributed by atoms with Crippen LogP contribution in [0.5, 0.6) is 0 Å². The second-order valence-electron chi connectivity index (χ2n) is 3.68. The molecule has 7 heteroatoms. The van der Waals surface area contributed by atoms with E-state index < -0.39 is 6.43 Å². The number of hydrogen-bond donors (Lipinski definition) is 1. The molecule has 17 heavy (non-hydrogen) atoms. The van der Waals surface area contributed by atoms with Crippen LogP contribution in [0.4, 0.5) is 14.5 Å². The molecule has 0 spiro atoms. The Morgan fingerprint density at radius 3 is 2.94 bits per heavy atom. The van der Waals surface area contributed by atoms with Crippen molar-refractivity contribution in [1.29, 1.82) is 0 Å². The van der Waals surface area contributed by atoms with E-state index in [9.17, 15) is 8.78 Å². The van der Waals surface area contributed by atoms with Crippen LogP contribution in [0.3, 0.4) is 0 Å². The van der Waals surface area contributed by atoms with E-state index in [-0.39, 0.29) is 6.54 Å². The Balaban J connectivity index is 1.89. The van der Waals surface area contributed by atoms with Gasteiger partial charge >= 0.3 is 0 Å². The molecule has 0 aliphatic rings. The number of hydrogen-bond acceptors (Lipinski definition) is 3. The first-order valence-corrected chi connectivity index (χ1v) is 5.16. The van der Waals surface area contributed by atoms with E-state index in [1.54, 1.807) is 10.9 Å². The number of rotatable bonds is 5. The maximum absolute atomic E-state index is 12.1. The van der Waals surface area contributed by atoms with Gasteiger partial charge in [0.15, 0.2) is 0 Å². The molecule has 0 saturated carbocycles. The van der Waals surface area contributed by atoms with E-state index in [0.29, 0.717) is 12.2 Å². The van der Waals surface area contributed by atoms with Crippen LogP contribution < -0.4 is 5.32 Å². The van der Waals surface area contributed by atoms with Crippen LogP contribution >= 0.6 is 0 Å². The number of halogens is 2. The maximum Gasteiger partial charge on any atom is 0.257 e. The SMILES string of the molecule is Cn1ccc(CNc2cnn(CC(F)F)c2)n1. The van der Waals surface area contributed by atoms with E-state index >= 15 is 0 Å². The van der Waals surface area contributed by atoms with Crippen molar-refractivity contribution in [3.05, 3.63) is 30.4 Å². The number of aromatic nitrogens is 4. The molecule has 5 nitrogen and oxygen atoms in total. The molecule has 2 rings (SSSR count). The lowest BCUT2D eigenvalue weighted by Gasteiger charge is -2.00. The quantitative estimate of drug-likeness (QED) is 0.862.